The van der Waals surface area contributed by atoms with Crippen molar-refractivity contribution >= 4 is 39.1 Å². The molecule has 1 aromatic carbocycles. The molecule has 1 aliphatic carbocycles. The maximum Gasteiger partial charge on any atom is 0.258 e. The van der Waals surface area contributed by atoms with Crippen molar-refractivity contribution in [1.82, 2.24) is 9.97 Å². The van der Waals surface area contributed by atoms with E-state index in [0.717, 1.165) is 25.9 Å². The molecule has 1 aromatic heterocycles. The fraction of sp³-hybridized carbons (Fsp3) is 0.560. The normalized spacial score (nSPS) is 21.1. The van der Waals surface area contributed by atoms with Crippen LogP contribution in [0, 0.1) is 5.41 Å². The van der Waals surface area contributed by atoms with Gasteiger partial charge in [-0.1, -0.05) is 0 Å². The van der Waals surface area contributed by atoms with E-state index in [2.05, 4.69) is 24.9 Å². The van der Waals surface area contributed by atoms with Crippen molar-refractivity contribution in [1.29, 1.82) is 0 Å². The van der Waals surface area contributed by atoms with Crippen LogP contribution in [0.15, 0.2) is 30.5 Å². The molecule has 3 N–H and O–H groups in total. The third-order valence-corrected chi connectivity index (χ3v) is 8.67. The molecule has 1 amide bonds. The number of nitrogens with one attached hydrogen (secondary N) is 2. The number of nitrogens with zero attached hydrogens (tertiary/aromatic N) is 4. The number of anilines is 4. The van der Waals surface area contributed by atoms with Crippen molar-refractivity contribution < 1.29 is 23.1 Å². The average molecular weight is 531 g/mol. The molecule has 3 fully saturated rings. The van der Waals surface area contributed by atoms with Crippen LogP contribution in [0.2, 0.25) is 0 Å². The summed E-state index contributed by atoms with van der Waals surface area (Å²) in [5, 5.41) is 12.0. The van der Waals surface area contributed by atoms with Crippen LogP contribution in [0.25, 0.3) is 0 Å². The molecule has 200 valence electrons. The van der Waals surface area contributed by atoms with Gasteiger partial charge in [-0.3, -0.25) is 9.52 Å². The third-order valence-electron chi connectivity index (χ3n) is 7.41. The highest BCUT2D eigenvalue weighted by atomic mass is 32.2. The van der Waals surface area contributed by atoms with Crippen LogP contribution in [0.4, 0.5) is 23.1 Å². The number of benzene rings is 1. The van der Waals surface area contributed by atoms with E-state index in [1.54, 1.807) is 30.5 Å². The van der Waals surface area contributed by atoms with Crippen LogP contribution in [0.1, 0.15) is 43.0 Å². The lowest BCUT2D eigenvalue weighted by atomic mass is 9.93. The highest BCUT2D eigenvalue weighted by Gasteiger charge is 2.44. The number of aliphatic hydroxyl groups excluding tert-OH is 1. The van der Waals surface area contributed by atoms with Gasteiger partial charge in [0.15, 0.2) is 0 Å². The number of hydrogen-bond acceptors (Lipinski definition) is 9. The minimum atomic E-state index is -3.69. The van der Waals surface area contributed by atoms with E-state index in [1.165, 1.54) is 12.8 Å². The molecule has 0 bridgehead atoms. The molecular weight excluding hydrogens is 496 g/mol. The van der Waals surface area contributed by atoms with Crippen molar-refractivity contribution in [3.05, 3.63) is 36.0 Å². The summed E-state index contributed by atoms with van der Waals surface area (Å²) in [5.74, 6) is 0.205. The summed E-state index contributed by atoms with van der Waals surface area (Å²) in [6.45, 7) is 5.08. The second-order valence-electron chi connectivity index (χ2n) is 10.2. The summed E-state index contributed by atoms with van der Waals surface area (Å²) < 4.78 is 32.6. The number of hydrogen-bond donors (Lipinski definition) is 3. The molecule has 1 atom stereocenters. The molecule has 0 unspecified atom stereocenters. The van der Waals surface area contributed by atoms with Gasteiger partial charge in [0.1, 0.15) is 5.82 Å². The lowest BCUT2D eigenvalue weighted by Crippen LogP contribution is -2.42. The summed E-state index contributed by atoms with van der Waals surface area (Å²) in [7, 11) is -3.69. The number of aromatic nitrogens is 2. The predicted molar refractivity (Wildman–Crippen MR) is 142 cm³/mol. The Morgan fingerprint density at radius 3 is 2.65 bits per heavy atom. The van der Waals surface area contributed by atoms with Gasteiger partial charge in [0, 0.05) is 32.4 Å². The second-order valence-corrected chi connectivity index (χ2v) is 12.0. The number of aliphatic hydroxyl groups is 1. The van der Waals surface area contributed by atoms with Gasteiger partial charge in [-0.25, -0.2) is 13.4 Å². The molecular formula is C25H34N6O5S. The Hall–Kier alpha value is -2.96. The highest BCUT2D eigenvalue weighted by molar-refractivity contribution is 7.92. The smallest absolute Gasteiger partial charge is 0.258 e. The van der Waals surface area contributed by atoms with Crippen LogP contribution in [0.3, 0.4) is 0 Å². The number of ether oxygens (including phenoxy) is 1. The van der Waals surface area contributed by atoms with E-state index in [1.807, 2.05) is 11.8 Å². The molecule has 3 heterocycles. The molecule has 2 aromatic rings. The Labute approximate surface area is 217 Å². The van der Waals surface area contributed by atoms with Crippen molar-refractivity contribution in [3.63, 3.8) is 0 Å². The van der Waals surface area contributed by atoms with Gasteiger partial charge < -0.3 is 25.0 Å². The minimum absolute atomic E-state index is 0.0748. The number of rotatable bonds is 8. The van der Waals surface area contributed by atoms with Gasteiger partial charge >= 0.3 is 0 Å². The summed E-state index contributed by atoms with van der Waals surface area (Å²) in [5.41, 5.74) is 1.93. The van der Waals surface area contributed by atoms with Gasteiger partial charge in [0.25, 0.3) is 5.91 Å². The molecule has 5 rings (SSSR count). The summed E-state index contributed by atoms with van der Waals surface area (Å²) in [6, 6.07) is 6.56. The van der Waals surface area contributed by atoms with Crippen LogP contribution < -0.4 is 19.8 Å². The first-order valence-corrected chi connectivity index (χ1v) is 14.4. The molecule has 11 nitrogen and oxygen atoms in total. The Morgan fingerprint density at radius 2 is 1.95 bits per heavy atom. The SMILES string of the molecule is C[C@@H]1CN(c2nccc(NC(=O)c3ccc(NS(=O)(=O)CCO)cc3N3CCC4(CC3)CC4)n2)CCO1. The lowest BCUT2D eigenvalue weighted by molar-refractivity contribution is 0.0526. The first-order chi connectivity index (χ1) is 17.8. The molecule has 2 aliphatic heterocycles. The number of carbonyl (C=O) groups excluding carboxylic acids is 1. The molecule has 37 heavy (non-hydrogen) atoms. The Bertz CT molecular complexity index is 1240. The van der Waals surface area contributed by atoms with Gasteiger partial charge in [-0.2, -0.15) is 4.98 Å². The molecule has 2 saturated heterocycles. The van der Waals surface area contributed by atoms with Crippen molar-refractivity contribution in [2.24, 2.45) is 5.41 Å². The zero-order valence-corrected chi connectivity index (χ0v) is 21.8. The van der Waals surface area contributed by atoms with Crippen molar-refractivity contribution in [3.8, 4) is 0 Å². The quantitative estimate of drug-likeness (QED) is 0.468. The highest BCUT2D eigenvalue weighted by Crippen LogP contribution is 2.54. The van der Waals surface area contributed by atoms with Crippen LogP contribution in [0.5, 0.6) is 0 Å². The van der Waals surface area contributed by atoms with Gasteiger partial charge in [0.05, 0.1) is 42.0 Å². The monoisotopic (exact) mass is 530 g/mol. The molecule has 3 aliphatic rings. The first kappa shape index (κ1) is 25.7. The fourth-order valence-corrected chi connectivity index (χ4v) is 5.88. The zero-order chi connectivity index (χ0) is 26.0. The van der Waals surface area contributed by atoms with E-state index < -0.39 is 22.4 Å². The Balaban J connectivity index is 1.38. The van der Waals surface area contributed by atoms with E-state index in [0.29, 0.717) is 53.8 Å². The van der Waals surface area contributed by atoms with E-state index in [4.69, 9.17) is 9.84 Å². The van der Waals surface area contributed by atoms with Crippen molar-refractivity contribution in [2.75, 3.05) is 65.0 Å². The average Bonchev–Trinajstić information content (AvgIpc) is 3.63. The minimum Gasteiger partial charge on any atom is -0.395 e. The van der Waals surface area contributed by atoms with E-state index >= 15 is 0 Å². The number of amides is 1. The topological polar surface area (TPSA) is 137 Å². The van der Waals surface area contributed by atoms with Gasteiger partial charge in [0.2, 0.25) is 16.0 Å². The first-order valence-electron chi connectivity index (χ1n) is 12.8. The molecule has 1 spiro atoms. The summed E-state index contributed by atoms with van der Waals surface area (Å²) >= 11 is 0. The Kier molecular flexibility index (Phi) is 7.24. The second kappa shape index (κ2) is 10.4. The number of morpholine rings is 1. The largest absolute Gasteiger partial charge is 0.395 e. The fourth-order valence-electron chi connectivity index (χ4n) is 5.05. The molecule has 12 heteroatoms. The van der Waals surface area contributed by atoms with Crippen LogP contribution in [-0.2, 0) is 14.8 Å². The van der Waals surface area contributed by atoms with Gasteiger partial charge in [-0.05, 0) is 62.3 Å². The maximum atomic E-state index is 13.5. The van der Waals surface area contributed by atoms with Crippen LogP contribution >= 0.6 is 0 Å². The number of piperidine rings is 1. The maximum absolute atomic E-state index is 13.5. The van der Waals surface area contributed by atoms with Gasteiger partial charge in [-0.15, -0.1) is 0 Å². The summed E-state index contributed by atoms with van der Waals surface area (Å²) in [6.07, 6.45) is 6.33. The lowest BCUT2D eigenvalue weighted by Gasteiger charge is -2.35. The number of carbonyl (C=O) groups is 1. The summed E-state index contributed by atoms with van der Waals surface area (Å²) in [4.78, 5) is 26.6. The standard InChI is InChI=1S/C25H34N6O5S/c1-18-17-31(12-14-36-18)24-26-9-4-22(28-24)27-23(33)20-3-2-19(29-37(34,35)15-13-32)16-21(20)30-10-7-25(5-6-25)8-11-30/h2-4,9,16,18,29,32H,5-8,10-15,17H2,1H3,(H,26,27,28,33)/t18-/m1/s1. The Morgan fingerprint density at radius 1 is 1.16 bits per heavy atom. The van der Waals surface area contributed by atoms with E-state index in [9.17, 15) is 13.2 Å². The van der Waals surface area contributed by atoms with Crippen LogP contribution in [-0.4, -0.2) is 80.6 Å². The zero-order valence-electron chi connectivity index (χ0n) is 21.0. The number of sulfonamides is 1. The van der Waals surface area contributed by atoms with Crippen molar-refractivity contribution in [2.45, 2.75) is 38.7 Å². The molecule has 0 radical (unpaired) electrons. The molecule has 1 saturated carbocycles. The van der Waals surface area contributed by atoms with E-state index in [-0.39, 0.29) is 12.0 Å². The third kappa shape index (κ3) is 6.13. The predicted octanol–water partition coefficient (Wildman–Crippen LogP) is 2.07.